The van der Waals surface area contributed by atoms with Gasteiger partial charge in [0, 0.05) is 17.7 Å². The molecule has 2 aliphatic rings. The van der Waals surface area contributed by atoms with Crippen LogP contribution in [0.2, 0.25) is 0 Å². The highest BCUT2D eigenvalue weighted by Gasteiger charge is 2.38. The number of fused-ring (bicyclic) bond motifs is 1. The number of carbonyl (C=O) groups is 2. The van der Waals surface area contributed by atoms with E-state index in [9.17, 15) is 9.59 Å². The van der Waals surface area contributed by atoms with Crippen LogP contribution in [-0.2, 0) is 9.53 Å². The Bertz CT molecular complexity index is 1030. The number of nitrogens with one attached hydrogen (secondary N) is 1. The predicted octanol–water partition coefficient (Wildman–Crippen LogP) is 2.72. The van der Waals surface area contributed by atoms with Crippen LogP contribution in [0, 0.1) is 0 Å². The van der Waals surface area contributed by atoms with Gasteiger partial charge in [0.1, 0.15) is 17.4 Å². The molecule has 2 heterocycles. The summed E-state index contributed by atoms with van der Waals surface area (Å²) in [4.78, 5) is 25.2. The van der Waals surface area contributed by atoms with Crippen molar-refractivity contribution in [1.29, 1.82) is 0 Å². The van der Waals surface area contributed by atoms with E-state index in [1.807, 2.05) is 0 Å². The van der Waals surface area contributed by atoms with Crippen molar-refractivity contribution in [3.05, 3.63) is 40.7 Å². The van der Waals surface area contributed by atoms with E-state index >= 15 is 0 Å². The van der Waals surface area contributed by atoms with Crippen molar-refractivity contribution in [2.45, 2.75) is 25.3 Å². The molecular formula is C21H23N3O6. The highest BCUT2D eigenvalue weighted by molar-refractivity contribution is 6.01. The number of ketones is 1. The van der Waals surface area contributed by atoms with Crippen LogP contribution in [0.1, 0.15) is 41.2 Å². The molecule has 0 radical (unpaired) electrons. The van der Waals surface area contributed by atoms with Gasteiger partial charge in [0.2, 0.25) is 5.75 Å². The maximum Gasteiger partial charge on any atom is 0.343 e. The highest BCUT2D eigenvalue weighted by Crippen LogP contribution is 2.46. The number of aromatic nitrogens is 2. The molecule has 9 nitrogen and oxygen atoms in total. The van der Waals surface area contributed by atoms with Gasteiger partial charge >= 0.3 is 5.97 Å². The highest BCUT2D eigenvalue weighted by atomic mass is 16.5. The molecule has 1 atom stereocenters. The van der Waals surface area contributed by atoms with Gasteiger partial charge in [-0.15, -0.1) is 0 Å². The molecule has 0 bridgehead atoms. The minimum atomic E-state index is -0.545. The number of Topliss-reactive ketones (excluding diaryl/α,β-unsaturated/α-hetero) is 1. The number of hydrogen-bond acceptors (Lipinski definition) is 8. The number of benzene rings is 1. The van der Waals surface area contributed by atoms with E-state index in [4.69, 9.17) is 18.9 Å². The van der Waals surface area contributed by atoms with E-state index in [1.54, 1.807) is 16.8 Å². The lowest BCUT2D eigenvalue weighted by atomic mass is 9.85. The third-order valence-corrected chi connectivity index (χ3v) is 5.45. The average Bonchev–Trinajstić information content (AvgIpc) is 3.19. The number of anilines is 1. The maximum absolute atomic E-state index is 12.9. The van der Waals surface area contributed by atoms with Gasteiger partial charge in [-0.05, 0) is 30.5 Å². The average molecular weight is 413 g/mol. The Morgan fingerprint density at radius 1 is 1.10 bits per heavy atom. The number of rotatable bonds is 5. The molecule has 0 saturated carbocycles. The van der Waals surface area contributed by atoms with Crippen molar-refractivity contribution < 1.29 is 28.5 Å². The molecule has 1 aliphatic carbocycles. The molecule has 158 valence electrons. The lowest BCUT2D eigenvalue weighted by molar-refractivity contribution is -0.116. The van der Waals surface area contributed by atoms with E-state index in [2.05, 4.69) is 10.4 Å². The summed E-state index contributed by atoms with van der Waals surface area (Å²) in [5, 5.41) is 7.66. The van der Waals surface area contributed by atoms with Crippen molar-refractivity contribution >= 4 is 17.6 Å². The Kier molecular flexibility index (Phi) is 5.11. The molecule has 0 amide bonds. The van der Waals surface area contributed by atoms with E-state index < -0.39 is 12.0 Å². The molecule has 1 aliphatic heterocycles. The first kappa shape index (κ1) is 19.8. The van der Waals surface area contributed by atoms with Crippen LogP contribution in [0.25, 0.3) is 0 Å². The molecule has 30 heavy (non-hydrogen) atoms. The molecule has 1 aromatic carbocycles. The Morgan fingerprint density at radius 2 is 1.80 bits per heavy atom. The van der Waals surface area contributed by atoms with Crippen LogP contribution in [0.15, 0.2) is 29.6 Å². The molecular weight excluding hydrogens is 390 g/mol. The van der Waals surface area contributed by atoms with Crippen LogP contribution in [0.4, 0.5) is 5.82 Å². The van der Waals surface area contributed by atoms with Crippen molar-refractivity contribution in [2.75, 3.05) is 33.8 Å². The topological polar surface area (TPSA) is 101 Å². The van der Waals surface area contributed by atoms with Gasteiger partial charge in [-0.3, -0.25) is 4.79 Å². The number of allylic oxidation sites excluding steroid dienone is 2. The van der Waals surface area contributed by atoms with E-state index in [0.717, 1.165) is 17.7 Å². The third kappa shape index (κ3) is 2.97. The fourth-order valence-corrected chi connectivity index (χ4v) is 4.08. The van der Waals surface area contributed by atoms with Gasteiger partial charge in [0.25, 0.3) is 0 Å². The number of methoxy groups -OCH3 is 4. The molecule has 0 saturated heterocycles. The maximum atomic E-state index is 12.9. The Balaban J connectivity index is 1.96. The molecule has 9 heteroatoms. The first-order chi connectivity index (χ1) is 14.5. The lowest BCUT2D eigenvalue weighted by Gasteiger charge is -2.33. The second-order valence-electron chi connectivity index (χ2n) is 7.00. The molecule has 0 fully saturated rings. The normalized spacial score (nSPS) is 17.6. The van der Waals surface area contributed by atoms with Crippen molar-refractivity contribution in [2.24, 2.45) is 0 Å². The number of esters is 1. The van der Waals surface area contributed by atoms with Gasteiger partial charge in [-0.1, -0.05) is 0 Å². The van der Waals surface area contributed by atoms with Crippen LogP contribution in [0.5, 0.6) is 17.2 Å². The Hall–Kier alpha value is -3.49. The van der Waals surface area contributed by atoms with Crippen molar-refractivity contribution in [3.63, 3.8) is 0 Å². The third-order valence-electron chi connectivity index (χ3n) is 5.45. The molecule has 1 aromatic heterocycles. The SMILES string of the molecule is COC(=O)c1cnn2c1NC1=C(C(=O)CCC1)[C@H]2c1cc(OC)c(OC)c(OC)c1. The van der Waals surface area contributed by atoms with E-state index in [1.165, 1.54) is 34.6 Å². The zero-order chi connectivity index (χ0) is 21.4. The van der Waals surface area contributed by atoms with Gasteiger partial charge in [-0.25, -0.2) is 9.48 Å². The van der Waals surface area contributed by atoms with Gasteiger partial charge in [-0.2, -0.15) is 5.10 Å². The number of nitrogens with zero attached hydrogens (tertiary/aromatic N) is 2. The van der Waals surface area contributed by atoms with E-state index in [0.29, 0.717) is 47.0 Å². The summed E-state index contributed by atoms with van der Waals surface area (Å²) in [6, 6.07) is 3.05. The van der Waals surface area contributed by atoms with E-state index in [-0.39, 0.29) is 5.78 Å². The minimum Gasteiger partial charge on any atom is -0.493 e. The molecule has 2 aromatic rings. The van der Waals surface area contributed by atoms with Crippen LogP contribution < -0.4 is 19.5 Å². The largest absolute Gasteiger partial charge is 0.493 e. The van der Waals surface area contributed by atoms with Crippen LogP contribution in [-0.4, -0.2) is 50.0 Å². The fourth-order valence-electron chi connectivity index (χ4n) is 4.08. The number of carbonyl (C=O) groups excluding carboxylic acids is 2. The lowest BCUT2D eigenvalue weighted by Crippen LogP contribution is -2.32. The quantitative estimate of drug-likeness (QED) is 0.747. The zero-order valence-electron chi connectivity index (χ0n) is 17.3. The van der Waals surface area contributed by atoms with Crippen LogP contribution >= 0.6 is 0 Å². The Morgan fingerprint density at radius 3 is 2.40 bits per heavy atom. The Labute approximate surface area is 173 Å². The number of ether oxygens (including phenoxy) is 4. The summed E-state index contributed by atoms with van der Waals surface area (Å²) in [5.41, 5.74) is 2.46. The predicted molar refractivity (Wildman–Crippen MR) is 107 cm³/mol. The first-order valence-corrected chi connectivity index (χ1v) is 9.53. The van der Waals surface area contributed by atoms with Crippen molar-refractivity contribution in [3.8, 4) is 17.2 Å². The monoisotopic (exact) mass is 413 g/mol. The minimum absolute atomic E-state index is 0.0447. The zero-order valence-corrected chi connectivity index (χ0v) is 17.3. The van der Waals surface area contributed by atoms with Gasteiger partial charge in [0.15, 0.2) is 17.3 Å². The summed E-state index contributed by atoms with van der Waals surface area (Å²) in [6.45, 7) is 0. The number of hydrogen-bond donors (Lipinski definition) is 1. The molecule has 4 rings (SSSR count). The molecule has 0 spiro atoms. The van der Waals surface area contributed by atoms with Crippen molar-refractivity contribution in [1.82, 2.24) is 9.78 Å². The summed E-state index contributed by atoms with van der Waals surface area (Å²) in [6.07, 6.45) is 3.35. The first-order valence-electron chi connectivity index (χ1n) is 9.53. The molecule has 0 unspecified atom stereocenters. The van der Waals surface area contributed by atoms with Gasteiger partial charge in [0.05, 0.1) is 34.6 Å². The standard InChI is InChI=1S/C21H23N3O6/c1-27-15-8-11(9-16(28-2)19(15)29-3)18-17-13(6-5-7-14(17)25)23-20-12(21(26)30-4)10-22-24(18)20/h8-10,18,23H,5-7H2,1-4H3/t18-/m1/s1. The molecule has 1 N–H and O–H groups in total. The fraction of sp³-hybridized carbons (Fsp3) is 0.381. The van der Waals surface area contributed by atoms with Gasteiger partial charge < -0.3 is 24.3 Å². The summed E-state index contributed by atoms with van der Waals surface area (Å²) in [7, 11) is 5.92. The summed E-state index contributed by atoms with van der Waals surface area (Å²) in [5.74, 6) is 1.43. The smallest absolute Gasteiger partial charge is 0.343 e. The second kappa shape index (κ2) is 7.74. The summed E-state index contributed by atoms with van der Waals surface area (Å²) < 4.78 is 22.9. The summed E-state index contributed by atoms with van der Waals surface area (Å²) >= 11 is 0. The van der Waals surface area contributed by atoms with Crippen LogP contribution in [0.3, 0.4) is 0 Å². The second-order valence-corrected chi connectivity index (χ2v) is 7.00.